The van der Waals surface area contributed by atoms with Crippen molar-refractivity contribution in [3.63, 3.8) is 0 Å². The van der Waals surface area contributed by atoms with Crippen molar-refractivity contribution < 1.29 is 31.8 Å². The minimum atomic E-state index is -4.93. The van der Waals surface area contributed by atoms with Crippen molar-refractivity contribution in [2.45, 2.75) is 98.1 Å². The number of hydrogen-bond donors (Lipinski definition) is 1. The third kappa shape index (κ3) is 12.7. The van der Waals surface area contributed by atoms with E-state index in [9.17, 15) is 22.6 Å². The number of hydrogen-bond acceptors (Lipinski definition) is 7. The van der Waals surface area contributed by atoms with E-state index in [1.807, 2.05) is 6.07 Å². The summed E-state index contributed by atoms with van der Waals surface area (Å²) in [5.74, 6) is -1.50. The maximum Gasteiger partial charge on any atom is 0.332 e. The number of nitrogens with one attached hydrogen (secondary N) is 1. The summed E-state index contributed by atoms with van der Waals surface area (Å²) in [7, 11) is -3.73. The molecule has 1 amide bonds. The number of benzene rings is 1. The maximum absolute atomic E-state index is 12.0. The molecule has 1 N–H and O–H groups in total. The third-order valence-electron chi connectivity index (χ3n) is 7.48. The monoisotopic (exact) mass is 607 g/mol. The van der Waals surface area contributed by atoms with Gasteiger partial charge in [-0.1, -0.05) is 95.9 Å². The van der Waals surface area contributed by atoms with E-state index >= 15 is 0 Å². The largest absolute Gasteiger partial charge is 0.731 e. The predicted molar refractivity (Wildman–Crippen MR) is 168 cm³/mol. The van der Waals surface area contributed by atoms with Crippen molar-refractivity contribution in [3.8, 4) is 0 Å². The molecule has 1 heterocycles. The van der Waals surface area contributed by atoms with E-state index in [2.05, 4.69) is 37.7 Å². The van der Waals surface area contributed by atoms with E-state index in [0.717, 1.165) is 11.6 Å². The molecule has 2 rings (SSSR count). The van der Waals surface area contributed by atoms with Crippen LogP contribution in [0.5, 0.6) is 0 Å². The molecule has 9 nitrogen and oxygen atoms in total. The quantitative estimate of drug-likeness (QED) is 0.0780. The topological polar surface area (TPSA) is 116 Å². The zero-order valence-electron chi connectivity index (χ0n) is 26.5. The normalized spacial score (nSPS) is 17.5. The number of methoxy groups -OCH3 is 1. The van der Waals surface area contributed by atoms with Crippen molar-refractivity contribution in [2.75, 3.05) is 33.3 Å². The second-order valence-corrected chi connectivity index (χ2v) is 12.2. The molecule has 1 fully saturated rings. The van der Waals surface area contributed by atoms with Crippen molar-refractivity contribution in [1.82, 2.24) is 9.62 Å². The average Bonchev–Trinajstić information content (AvgIpc) is 2.97. The zero-order valence-corrected chi connectivity index (χ0v) is 27.3. The minimum absolute atomic E-state index is 0.273. The van der Waals surface area contributed by atoms with Gasteiger partial charge in [-0.3, -0.25) is 4.79 Å². The van der Waals surface area contributed by atoms with Crippen LogP contribution in [0.15, 0.2) is 48.2 Å². The van der Waals surface area contributed by atoms with Gasteiger partial charge in [-0.2, -0.15) is 0 Å². The Balaban J connectivity index is 0.000000456. The summed E-state index contributed by atoms with van der Waals surface area (Å²) in [6.07, 6.45) is 15.3. The lowest BCUT2D eigenvalue weighted by atomic mass is 9.97. The summed E-state index contributed by atoms with van der Waals surface area (Å²) < 4.78 is 40.1. The fraction of sp³-hybridized carbons (Fsp3) is 0.625. The number of nitrogens with zero attached hydrogens (tertiary/aromatic N) is 2. The van der Waals surface area contributed by atoms with Crippen LogP contribution in [0.25, 0.3) is 6.08 Å². The van der Waals surface area contributed by atoms with Crippen LogP contribution >= 0.6 is 0 Å². The number of esters is 1. The number of unbranched alkanes of at least 4 members (excludes halogenated alkanes) is 4. The molecule has 10 heteroatoms. The van der Waals surface area contributed by atoms with Crippen LogP contribution < -0.4 is 5.32 Å². The van der Waals surface area contributed by atoms with Crippen molar-refractivity contribution in [3.05, 3.63) is 53.7 Å². The number of ether oxygens (including phenoxy) is 1. The number of carbonyl (C=O) groups excluding carboxylic acids is 2. The van der Waals surface area contributed by atoms with Crippen molar-refractivity contribution >= 4 is 28.3 Å². The van der Waals surface area contributed by atoms with Crippen molar-refractivity contribution in [1.29, 1.82) is 0 Å². The Bertz CT molecular complexity index is 1070. The Kier molecular flexibility index (Phi) is 17.3. The average molecular weight is 608 g/mol. The number of amides is 1. The molecule has 1 aromatic carbocycles. The fourth-order valence-electron chi connectivity index (χ4n) is 5.02. The van der Waals surface area contributed by atoms with Gasteiger partial charge in [0, 0.05) is 11.8 Å². The molecule has 0 spiro atoms. The lowest BCUT2D eigenvalue weighted by Crippen LogP contribution is -2.70. The molecule has 0 bridgehead atoms. The second kappa shape index (κ2) is 19.5. The van der Waals surface area contributed by atoms with Gasteiger partial charge in [0.25, 0.3) is 5.91 Å². The van der Waals surface area contributed by atoms with E-state index < -0.39 is 34.3 Å². The highest BCUT2D eigenvalue weighted by Crippen LogP contribution is 2.26. The molecule has 1 aliphatic heterocycles. The standard InChI is InChI=1S/C16H18N2O6S.C16H36N/c1-11(10-14(19)24-2)17-15-13(18(16(15)20)25(21,22)23)9-8-12-6-4-3-5-7-12;1-5-9-13-17(14-10-6-2,15-11-7-3)16-12-8-4/h3-10,13,15,17H,1-2H3,(H,21,22,23);5-16H2,1-4H3/q;+1/p-1/t13-,15+;/m0./s1. The molecule has 1 aromatic rings. The number of quaternary nitrogens is 1. The van der Waals surface area contributed by atoms with Crippen LogP contribution in [0.3, 0.4) is 0 Å². The first-order valence-corrected chi connectivity index (χ1v) is 16.7. The summed E-state index contributed by atoms with van der Waals surface area (Å²) in [6.45, 7) is 16.5. The molecule has 2 atom stereocenters. The van der Waals surface area contributed by atoms with Crippen LogP contribution in [-0.2, 0) is 24.6 Å². The van der Waals surface area contributed by atoms with E-state index in [1.54, 1.807) is 30.3 Å². The molecular weight excluding hydrogens is 554 g/mol. The fourth-order valence-corrected chi connectivity index (χ4v) is 5.84. The van der Waals surface area contributed by atoms with Gasteiger partial charge in [0.05, 0.1) is 39.3 Å². The highest BCUT2D eigenvalue weighted by Gasteiger charge is 2.49. The highest BCUT2D eigenvalue weighted by molar-refractivity contribution is 7.84. The Hall–Kier alpha value is -2.69. The molecule has 0 radical (unpaired) electrons. The first kappa shape index (κ1) is 37.3. The highest BCUT2D eigenvalue weighted by atomic mass is 32.2. The minimum Gasteiger partial charge on any atom is -0.731 e. The predicted octanol–water partition coefficient (Wildman–Crippen LogP) is 5.41. The lowest BCUT2D eigenvalue weighted by Gasteiger charge is -2.46. The van der Waals surface area contributed by atoms with Crippen LogP contribution in [-0.4, -0.2) is 79.0 Å². The molecule has 238 valence electrons. The number of β-lactam (4-membered cyclic amide) rings is 1. The first-order valence-electron chi connectivity index (χ1n) is 15.4. The third-order valence-corrected chi connectivity index (χ3v) is 8.39. The van der Waals surface area contributed by atoms with Crippen LogP contribution in [0, 0.1) is 0 Å². The van der Waals surface area contributed by atoms with Gasteiger partial charge in [-0.15, -0.1) is 0 Å². The van der Waals surface area contributed by atoms with Gasteiger partial charge in [-0.05, 0) is 38.2 Å². The van der Waals surface area contributed by atoms with E-state index in [4.69, 9.17) is 0 Å². The van der Waals surface area contributed by atoms with Gasteiger partial charge in [0.2, 0.25) is 0 Å². The smallest absolute Gasteiger partial charge is 0.332 e. The Morgan fingerprint density at radius 1 is 0.952 bits per heavy atom. The van der Waals surface area contributed by atoms with Gasteiger partial charge < -0.3 is 19.1 Å². The summed E-state index contributed by atoms with van der Waals surface area (Å²) in [5, 5.41) is 2.73. The van der Waals surface area contributed by atoms with E-state index in [1.165, 1.54) is 102 Å². The number of rotatable bonds is 18. The second-order valence-electron chi connectivity index (χ2n) is 11.0. The summed E-state index contributed by atoms with van der Waals surface area (Å²) >= 11 is 0. The summed E-state index contributed by atoms with van der Waals surface area (Å²) in [4.78, 5) is 23.2. The zero-order chi connectivity index (χ0) is 31.6. The van der Waals surface area contributed by atoms with E-state index in [-0.39, 0.29) is 4.31 Å². The van der Waals surface area contributed by atoms with Crippen LogP contribution in [0.2, 0.25) is 0 Å². The van der Waals surface area contributed by atoms with Crippen LogP contribution in [0.4, 0.5) is 0 Å². The Labute approximate surface area is 254 Å². The number of allylic oxidation sites excluding steroid dienone is 1. The molecular formula is C32H53N3O6S. The molecule has 1 aliphatic rings. The SMILES string of the molecule is CCCC[N+](CCCC)(CCCC)CCCC.COC(=O)C=C(C)N[C@H]1C(=O)N(S(=O)(=O)[O-])[C@H]1C=Cc1ccccc1. The van der Waals surface area contributed by atoms with Crippen molar-refractivity contribution in [2.24, 2.45) is 0 Å². The van der Waals surface area contributed by atoms with Gasteiger partial charge in [-0.25, -0.2) is 17.5 Å². The molecule has 0 unspecified atom stereocenters. The van der Waals surface area contributed by atoms with Gasteiger partial charge in [0.1, 0.15) is 6.04 Å². The van der Waals surface area contributed by atoms with Gasteiger partial charge in [0.15, 0.2) is 10.3 Å². The van der Waals surface area contributed by atoms with Gasteiger partial charge >= 0.3 is 5.97 Å². The maximum atomic E-state index is 12.0. The Morgan fingerprint density at radius 3 is 1.83 bits per heavy atom. The van der Waals surface area contributed by atoms with E-state index in [0.29, 0.717) is 5.70 Å². The molecule has 0 saturated carbocycles. The first-order chi connectivity index (χ1) is 20.0. The summed E-state index contributed by atoms with van der Waals surface area (Å²) in [6, 6.07) is 7.04. The molecule has 0 aromatic heterocycles. The molecule has 42 heavy (non-hydrogen) atoms. The van der Waals surface area contributed by atoms with Crippen LogP contribution in [0.1, 0.15) is 91.5 Å². The lowest BCUT2D eigenvalue weighted by molar-refractivity contribution is -0.929. The number of carbonyl (C=O) groups is 2. The molecule has 0 aliphatic carbocycles. The summed E-state index contributed by atoms with van der Waals surface area (Å²) in [5.41, 5.74) is 1.09. The Morgan fingerprint density at radius 2 is 1.43 bits per heavy atom. The molecule has 1 saturated heterocycles.